The van der Waals surface area contributed by atoms with Gasteiger partial charge >= 0.3 is 0 Å². The van der Waals surface area contributed by atoms with Gasteiger partial charge in [-0.15, -0.1) is 0 Å². The number of carbonyl (C=O) groups excluding carboxylic acids is 1. The first-order chi connectivity index (χ1) is 6.15. The molecule has 0 saturated carbocycles. The Labute approximate surface area is 79.8 Å². The van der Waals surface area contributed by atoms with Crippen molar-refractivity contribution in [3.63, 3.8) is 0 Å². The lowest BCUT2D eigenvalue weighted by molar-refractivity contribution is -0.116. The highest BCUT2D eigenvalue weighted by atomic mass is 16.1. The molecule has 1 rings (SSSR count). The Morgan fingerprint density at radius 2 is 2.08 bits per heavy atom. The van der Waals surface area contributed by atoms with Crippen molar-refractivity contribution in [2.24, 2.45) is 0 Å². The molecule has 0 spiro atoms. The van der Waals surface area contributed by atoms with Crippen LogP contribution < -0.4 is 0 Å². The fraction of sp³-hybridized carbons (Fsp3) is 0.417. The number of rotatable bonds is 3. The minimum atomic E-state index is 0.236. The second-order valence-electron chi connectivity index (χ2n) is 3.44. The average molecular weight is 176 g/mol. The maximum absolute atomic E-state index is 11.0. The summed E-state index contributed by atoms with van der Waals surface area (Å²) in [5.74, 6) is 0.236. The molecule has 0 aliphatic carbocycles. The van der Waals surface area contributed by atoms with Gasteiger partial charge in [0.2, 0.25) is 0 Å². The Hall–Kier alpha value is -1.11. The number of ketones is 1. The number of aryl methyl sites for hydroxylation is 1. The summed E-state index contributed by atoms with van der Waals surface area (Å²) in [6.45, 7) is 5.87. The number of hydrogen-bond acceptors (Lipinski definition) is 1. The molecule has 0 aliphatic heterocycles. The third-order valence-corrected chi connectivity index (χ3v) is 2.30. The van der Waals surface area contributed by atoms with Crippen molar-refractivity contribution < 1.29 is 4.79 Å². The van der Waals surface area contributed by atoms with E-state index >= 15 is 0 Å². The van der Waals surface area contributed by atoms with Crippen LogP contribution in [0.5, 0.6) is 0 Å². The van der Waals surface area contributed by atoms with Crippen molar-refractivity contribution in [3.05, 3.63) is 34.9 Å². The third-order valence-electron chi connectivity index (χ3n) is 2.30. The molecule has 1 aromatic carbocycles. The van der Waals surface area contributed by atoms with Crippen LogP contribution in [0.25, 0.3) is 0 Å². The van der Waals surface area contributed by atoms with Crippen molar-refractivity contribution in [2.75, 3.05) is 0 Å². The van der Waals surface area contributed by atoms with Gasteiger partial charge in [0.15, 0.2) is 0 Å². The zero-order valence-corrected chi connectivity index (χ0v) is 8.55. The topological polar surface area (TPSA) is 17.1 Å². The number of carbonyl (C=O) groups is 1. The van der Waals surface area contributed by atoms with E-state index < -0.39 is 0 Å². The molecule has 0 bridgehead atoms. The van der Waals surface area contributed by atoms with E-state index in [1.807, 2.05) is 12.1 Å². The predicted octanol–water partition coefficient (Wildman–Crippen LogP) is 2.69. The van der Waals surface area contributed by atoms with Crippen molar-refractivity contribution in [3.8, 4) is 0 Å². The average Bonchev–Trinajstić information content (AvgIpc) is 2.03. The quantitative estimate of drug-likeness (QED) is 0.692. The van der Waals surface area contributed by atoms with Crippen molar-refractivity contribution in [2.45, 2.75) is 33.6 Å². The lowest BCUT2D eigenvalue weighted by atomic mass is 9.96. The van der Waals surface area contributed by atoms with Gasteiger partial charge < -0.3 is 0 Å². The lowest BCUT2D eigenvalue weighted by Crippen LogP contribution is -2.01. The summed E-state index contributed by atoms with van der Waals surface area (Å²) in [6.07, 6.45) is 1.58. The maximum atomic E-state index is 11.0. The molecule has 0 aliphatic rings. The van der Waals surface area contributed by atoms with Crippen LogP contribution in [0.4, 0.5) is 0 Å². The zero-order valence-electron chi connectivity index (χ0n) is 8.55. The molecule has 1 heteroatoms. The highest BCUT2D eigenvalue weighted by Gasteiger charge is 2.04. The standard InChI is InChI=1S/C12H16O/c1-4-12-9(2)6-5-7-11(12)8-10(3)13/h5-7H,4,8H2,1-3H3. The van der Waals surface area contributed by atoms with Gasteiger partial charge in [0.05, 0.1) is 0 Å². The van der Waals surface area contributed by atoms with Crippen molar-refractivity contribution in [1.82, 2.24) is 0 Å². The van der Waals surface area contributed by atoms with E-state index in [2.05, 4.69) is 19.9 Å². The molecule has 0 fully saturated rings. The van der Waals surface area contributed by atoms with Gasteiger partial charge in [-0.1, -0.05) is 25.1 Å². The fourth-order valence-electron chi connectivity index (χ4n) is 1.70. The van der Waals surface area contributed by atoms with Crippen LogP contribution in [0.1, 0.15) is 30.5 Å². The Bertz CT molecular complexity index is 313. The van der Waals surface area contributed by atoms with E-state index in [-0.39, 0.29) is 5.78 Å². The Morgan fingerprint density at radius 1 is 1.38 bits per heavy atom. The molecule has 70 valence electrons. The fourth-order valence-corrected chi connectivity index (χ4v) is 1.70. The van der Waals surface area contributed by atoms with E-state index in [1.54, 1.807) is 6.92 Å². The SMILES string of the molecule is CCc1c(C)cccc1CC(C)=O. The molecule has 0 radical (unpaired) electrons. The number of hydrogen-bond donors (Lipinski definition) is 0. The summed E-state index contributed by atoms with van der Waals surface area (Å²) < 4.78 is 0. The molecule has 0 N–H and O–H groups in total. The van der Waals surface area contributed by atoms with E-state index in [1.165, 1.54) is 16.7 Å². The van der Waals surface area contributed by atoms with Gasteiger partial charge in [0.1, 0.15) is 5.78 Å². The highest BCUT2D eigenvalue weighted by molar-refractivity contribution is 5.78. The molecule has 1 aromatic rings. The molecule has 0 amide bonds. The van der Waals surface area contributed by atoms with Crippen LogP contribution in [0.15, 0.2) is 18.2 Å². The minimum absolute atomic E-state index is 0.236. The lowest BCUT2D eigenvalue weighted by Gasteiger charge is -2.08. The zero-order chi connectivity index (χ0) is 9.84. The summed E-state index contributed by atoms with van der Waals surface area (Å²) in [7, 11) is 0. The summed E-state index contributed by atoms with van der Waals surface area (Å²) in [4.78, 5) is 11.0. The number of Topliss-reactive ketones (excluding diaryl/α,β-unsaturated/α-hetero) is 1. The molecule has 0 aromatic heterocycles. The predicted molar refractivity (Wildman–Crippen MR) is 54.9 cm³/mol. The van der Waals surface area contributed by atoms with Gasteiger partial charge in [0.25, 0.3) is 0 Å². The molecule has 0 atom stereocenters. The monoisotopic (exact) mass is 176 g/mol. The summed E-state index contributed by atoms with van der Waals surface area (Å²) in [5.41, 5.74) is 3.81. The maximum Gasteiger partial charge on any atom is 0.134 e. The van der Waals surface area contributed by atoms with E-state index in [9.17, 15) is 4.79 Å². The Morgan fingerprint density at radius 3 is 2.62 bits per heavy atom. The third kappa shape index (κ3) is 2.41. The summed E-state index contributed by atoms with van der Waals surface area (Å²) >= 11 is 0. The normalized spacial score (nSPS) is 10.1. The first-order valence-corrected chi connectivity index (χ1v) is 4.72. The Balaban J connectivity index is 3.05. The van der Waals surface area contributed by atoms with Gasteiger partial charge in [-0.3, -0.25) is 4.79 Å². The van der Waals surface area contributed by atoms with Gasteiger partial charge in [0, 0.05) is 6.42 Å². The molecular formula is C12H16O. The molecule has 0 saturated heterocycles. The summed E-state index contributed by atoms with van der Waals surface area (Å²) in [5, 5.41) is 0. The van der Waals surface area contributed by atoms with E-state index in [0.717, 1.165) is 6.42 Å². The molecular weight excluding hydrogens is 160 g/mol. The molecule has 0 heterocycles. The van der Waals surface area contributed by atoms with Crippen LogP contribution in [-0.4, -0.2) is 5.78 Å². The second kappa shape index (κ2) is 4.22. The van der Waals surface area contributed by atoms with Gasteiger partial charge in [-0.2, -0.15) is 0 Å². The van der Waals surface area contributed by atoms with Gasteiger partial charge in [-0.05, 0) is 37.0 Å². The largest absolute Gasteiger partial charge is 0.300 e. The van der Waals surface area contributed by atoms with Crippen molar-refractivity contribution in [1.29, 1.82) is 0 Å². The molecule has 13 heavy (non-hydrogen) atoms. The van der Waals surface area contributed by atoms with E-state index in [4.69, 9.17) is 0 Å². The van der Waals surface area contributed by atoms with Crippen LogP contribution in [-0.2, 0) is 17.6 Å². The summed E-state index contributed by atoms with van der Waals surface area (Å²) in [6, 6.07) is 6.17. The first kappa shape index (κ1) is 9.97. The number of benzene rings is 1. The molecule has 1 nitrogen and oxygen atoms in total. The van der Waals surface area contributed by atoms with Crippen molar-refractivity contribution >= 4 is 5.78 Å². The first-order valence-electron chi connectivity index (χ1n) is 4.72. The Kier molecular flexibility index (Phi) is 3.24. The smallest absolute Gasteiger partial charge is 0.134 e. The highest BCUT2D eigenvalue weighted by Crippen LogP contribution is 2.15. The van der Waals surface area contributed by atoms with Gasteiger partial charge in [-0.25, -0.2) is 0 Å². The second-order valence-corrected chi connectivity index (χ2v) is 3.44. The van der Waals surface area contributed by atoms with Crippen LogP contribution in [0.2, 0.25) is 0 Å². The van der Waals surface area contributed by atoms with Crippen LogP contribution in [0, 0.1) is 6.92 Å². The van der Waals surface area contributed by atoms with Crippen LogP contribution in [0.3, 0.4) is 0 Å². The van der Waals surface area contributed by atoms with Crippen LogP contribution >= 0.6 is 0 Å². The molecule has 0 unspecified atom stereocenters. The van der Waals surface area contributed by atoms with E-state index in [0.29, 0.717) is 6.42 Å². The minimum Gasteiger partial charge on any atom is -0.300 e.